The third-order valence-electron chi connectivity index (χ3n) is 3.36. The molecular weight excluding hydrogens is 216 g/mol. The van der Waals surface area contributed by atoms with Gasteiger partial charge < -0.3 is 4.74 Å². The first-order valence-electron chi connectivity index (χ1n) is 5.41. The molecule has 5 heteroatoms. The molecule has 2 heterocycles. The van der Waals surface area contributed by atoms with E-state index in [0.29, 0.717) is 18.5 Å². The molecule has 1 atom stereocenters. The summed E-state index contributed by atoms with van der Waals surface area (Å²) in [6.07, 6.45) is 0.104. The molecular formula is C11H15F2NO2. The van der Waals surface area contributed by atoms with Gasteiger partial charge in [0.05, 0.1) is 13.2 Å². The van der Waals surface area contributed by atoms with E-state index in [9.17, 15) is 13.6 Å². The second-order valence-electron chi connectivity index (χ2n) is 4.39. The van der Waals surface area contributed by atoms with Crippen LogP contribution in [0, 0.1) is 0 Å². The van der Waals surface area contributed by atoms with Crippen molar-refractivity contribution in [2.75, 3.05) is 19.7 Å². The summed E-state index contributed by atoms with van der Waals surface area (Å²) in [6, 6.07) is 0. The van der Waals surface area contributed by atoms with Gasteiger partial charge in [0.25, 0.3) is 5.92 Å². The van der Waals surface area contributed by atoms with Gasteiger partial charge in [-0.15, -0.1) is 0 Å². The number of esters is 1. The normalized spacial score (nSPS) is 32.8. The molecule has 3 nitrogen and oxygen atoms in total. The van der Waals surface area contributed by atoms with Gasteiger partial charge >= 0.3 is 5.97 Å². The topological polar surface area (TPSA) is 29.5 Å². The number of hydrogen-bond donors (Lipinski definition) is 0. The first-order valence-corrected chi connectivity index (χ1v) is 5.41. The van der Waals surface area contributed by atoms with E-state index in [1.807, 2.05) is 0 Å². The molecule has 0 saturated carbocycles. The summed E-state index contributed by atoms with van der Waals surface area (Å²) in [5, 5.41) is 0. The van der Waals surface area contributed by atoms with Crippen LogP contribution in [0.25, 0.3) is 0 Å². The lowest BCUT2D eigenvalue weighted by Gasteiger charge is -2.29. The second kappa shape index (κ2) is 3.52. The number of halogens is 2. The van der Waals surface area contributed by atoms with Crippen LogP contribution in [-0.2, 0) is 9.53 Å². The number of carbonyl (C=O) groups excluding carboxylic acids is 1. The van der Waals surface area contributed by atoms with Crippen molar-refractivity contribution >= 4 is 5.97 Å². The van der Waals surface area contributed by atoms with E-state index in [1.165, 1.54) is 4.90 Å². The highest BCUT2D eigenvalue weighted by Crippen LogP contribution is 2.48. The van der Waals surface area contributed by atoms with Crippen LogP contribution >= 0.6 is 0 Å². The Morgan fingerprint density at radius 2 is 2.31 bits per heavy atom. The number of carbonyl (C=O) groups is 1. The molecule has 0 spiro atoms. The van der Waals surface area contributed by atoms with Crippen LogP contribution in [0.3, 0.4) is 0 Å². The van der Waals surface area contributed by atoms with Gasteiger partial charge in [0.1, 0.15) is 5.54 Å². The molecule has 0 radical (unpaired) electrons. The Hall–Kier alpha value is -0.970. The van der Waals surface area contributed by atoms with Gasteiger partial charge in [-0.05, 0) is 18.9 Å². The molecule has 0 aliphatic carbocycles. The Morgan fingerprint density at radius 3 is 2.94 bits per heavy atom. The summed E-state index contributed by atoms with van der Waals surface area (Å²) in [7, 11) is 0. The second-order valence-corrected chi connectivity index (χ2v) is 4.39. The van der Waals surface area contributed by atoms with Crippen molar-refractivity contribution in [2.24, 2.45) is 0 Å². The van der Waals surface area contributed by atoms with Crippen molar-refractivity contribution in [2.45, 2.75) is 31.2 Å². The molecule has 0 amide bonds. The van der Waals surface area contributed by atoms with E-state index in [4.69, 9.17) is 4.74 Å². The third-order valence-corrected chi connectivity index (χ3v) is 3.36. The minimum atomic E-state index is -2.82. The fourth-order valence-corrected chi connectivity index (χ4v) is 2.65. The molecule has 0 bridgehead atoms. The fraction of sp³-hybridized carbons (Fsp3) is 0.727. The lowest BCUT2D eigenvalue weighted by Crippen LogP contribution is -2.47. The molecule has 0 N–H and O–H groups in total. The highest BCUT2D eigenvalue weighted by molar-refractivity contribution is 5.86. The number of fused-ring (bicyclic) bond motifs is 1. The zero-order valence-electron chi connectivity index (χ0n) is 9.26. The fourth-order valence-electron chi connectivity index (χ4n) is 2.65. The number of hydrogen-bond acceptors (Lipinski definition) is 3. The summed E-state index contributed by atoms with van der Waals surface area (Å²) in [4.78, 5) is 13.4. The van der Waals surface area contributed by atoms with Crippen LogP contribution in [0.4, 0.5) is 8.78 Å². The van der Waals surface area contributed by atoms with E-state index >= 15 is 0 Å². The number of ether oxygens (including phenoxy) is 1. The molecule has 90 valence electrons. The molecule has 1 unspecified atom stereocenters. The number of rotatable bonds is 2. The highest BCUT2D eigenvalue weighted by Gasteiger charge is 2.63. The van der Waals surface area contributed by atoms with E-state index < -0.39 is 23.9 Å². The third kappa shape index (κ3) is 1.45. The van der Waals surface area contributed by atoms with Crippen molar-refractivity contribution in [3.63, 3.8) is 0 Å². The van der Waals surface area contributed by atoms with Crippen molar-refractivity contribution in [1.29, 1.82) is 0 Å². The Bertz CT molecular complexity index is 343. The van der Waals surface area contributed by atoms with Crippen LogP contribution in [0.2, 0.25) is 0 Å². The molecule has 2 fully saturated rings. The van der Waals surface area contributed by atoms with Gasteiger partial charge in [0.15, 0.2) is 0 Å². The average molecular weight is 231 g/mol. The minimum absolute atomic E-state index is 0.202. The summed E-state index contributed by atoms with van der Waals surface area (Å²) in [5.41, 5.74) is -0.706. The van der Waals surface area contributed by atoms with Crippen molar-refractivity contribution in [3.05, 3.63) is 12.2 Å². The van der Waals surface area contributed by atoms with Gasteiger partial charge in [-0.2, -0.15) is 0 Å². The Morgan fingerprint density at radius 1 is 1.62 bits per heavy atom. The number of alkyl halides is 2. The SMILES string of the molecule is C=C1CCN2CC(F)(F)CC12C(=O)OCC. The molecule has 0 aromatic carbocycles. The first-order chi connectivity index (χ1) is 7.42. The lowest BCUT2D eigenvalue weighted by atomic mass is 9.89. The van der Waals surface area contributed by atoms with E-state index in [2.05, 4.69) is 6.58 Å². The maximum Gasteiger partial charge on any atom is 0.331 e. The Kier molecular flexibility index (Phi) is 2.53. The van der Waals surface area contributed by atoms with Gasteiger partial charge in [-0.25, -0.2) is 13.6 Å². The summed E-state index contributed by atoms with van der Waals surface area (Å²) in [5.74, 6) is -3.40. The summed E-state index contributed by atoms with van der Waals surface area (Å²) >= 11 is 0. The van der Waals surface area contributed by atoms with E-state index in [0.717, 1.165) is 0 Å². The average Bonchev–Trinajstić information content (AvgIpc) is 2.61. The van der Waals surface area contributed by atoms with Crippen molar-refractivity contribution < 1.29 is 18.3 Å². The van der Waals surface area contributed by atoms with Crippen LogP contribution in [-0.4, -0.2) is 42.0 Å². The Balaban J connectivity index is 2.33. The maximum absolute atomic E-state index is 13.4. The van der Waals surface area contributed by atoms with Crippen LogP contribution in [0.15, 0.2) is 12.2 Å². The zero-order valence-corrected chi connectivity index (χ0v) is 9.26. The van der Waals surface area contributed by atoms with Crippen molar-refractivity contribution in [3.8, 4) is 0 Å². The zero-order chi connectivity index (χ0) is 12.0. The first kappa shape index (κ1) is 11.5. The molecule has 0 aromatic heterocycles. The maximum atomic E-state index is 13.4. The van der Waals surface area contributed by atoms with E-state index in [-0.39, 0.29) is 13.2 Å². The molecule has 0 aromatic rings. The standard InChI is InChI=1S/C11H15F2NO2/c1-3-16-9(15)11-6-10(12,13)7-14(11)5-4-8(11)2/h2-7H2,1H3. The predicted molar refractivity (Wildman–Crippen MR) is 54.3 cm³/mol. The van der Waals surface area contributed by atoms with Crippen LogP contribution < -0.4 is 0 Å². The molecule has 2 aliphatic rings. The van der Waals surface area contributed by atoms with Crippen LogP contribution in [0.5, 0.6) is 0 Å². The smallest absolute Gasteiger partial charge is 0.331 e. The quantitative estimate of drug-likeness (QED) is 0.534. The molecule has 2 saturated heterocycles. The van der Waals surface area contributed by atoms with Crippen LogP contribution in [0.1, 0.15) is 19.8 Å². The largest absolute Gasteiger partial charge is 0.464 e. The molecule has 16 heavy (non-hydrogen) atoms. The van der Waals surface area contributed by atoms with Gasteiger partial charge in [-0.3, -0.25) is 4.90 Å². The minimum Gasteiger partial charge on any atom is -0.464 e. The summed E-state index contributed by atoms with van der Waals surface area (Å²) in [6.45, 7) is 5.73. The molecule has 2 aliphatic heterocycles. The Labute approximate surface area is 93.1 Å². The predicted octanol–water partition coefficient (Wildman–Crippen LogP) is 1.59. The van der Waals surface area contributed by atoms with Gasteiger partial charge in [0, 0.05) is 13.0 Å². The lowest BCUT2D eigenvalue weighted by molar-refractivity contribution is -0.152. The monoisotopic (exact) mass is 231 g/mol. The van der Waals surface area contributed by atoms with Gasteiger partial charge in [-0.1, -0.05) is 6.58 Å². The summed E-state index contributed by atoms with van der Waals surface area (Å²) < 4.78 is 31.7. The molecule has 2 rings (SSSR count). The van der Waals surface area contributed by atoms with Gasteiger partial charge in [0.2, 0.25) is 0 Å². The van der Waals surface area contributed by atoms with E-state index in [1.54, 1.807) is 6.92 Å². The highest BCUT2D eigenvalue weighted by atomic mass is 19.3. The number of nitrogens with zero attached hydrogens (tertiary/aromatic N) is 1. The van der Waals surface area contributed by atoms with Crippen molar-refractivity contribution in [1.82, 2.24) is 4.90 Å².